The Morgan fingerprint density at radius 3 is 2.27 bits per heavy atom. The second kappa shape index (κ2) is 13.3. The fourth-order valence-corrected chi connectivity index (χ4v) is 4.03. The van der Waals surface area contributed by atoms with Gasteiger partial charge in [0.05, 0.1) is 24.9 Å². The standard InChI is InChI=1S/C25H31N7O8/c1-12(33)21(32-22(36)16(26)6-13-9-28-17-5-3-2-4-15(13)17)24(38)30-18(7-14-10-27-11-29-14)23(37)31-19(25(39)40)8-20(34)35/h2-5,9-12,16,18-19,21,28,33H,6-8,26H2,1H3,(H,27,29)(H,30,38)(H,31,37)(H,32,36)(H,34,35)(H,39,40). The van der Waals surface area contributed by atoms with Gasteiger partial charge in [-0.1, -0.05) is 18.2 Å². The van der Waals surface area contributed by atoms with Crippen LogP contribution in [0.5, 0.6) is 0 Å². The van der Waals surface area contributed by atoms with Crippen molar-refractivity contribution < 1.29 is 39.3 Å². The zero-order chi connectivity index (χ0) is 29.4. The molecule has 40 heavy (non-hydrogen) atoms. The van der Waals surface area contributed by atoms with Crippen LogP contribution in [0, 0.1) is 0 Å². The summed E-state index contributed by atoms with van der Waals surface area (Å²) < 4.78 is 0. The van der Waals surface area contributed by atoms with E-state index in [1.165, 1.54) is 19.4 Å². The minimum atomic E-state index is -1.76. The van der Waals surface area contributed by atoms with Crippen molar-refractivity contribution in [1.29, 1.82) is 0 Å². The lowest BCUT2D eigenvalue weighted by Gasteiger charge is -2.26. The zero-order valence-electron chi connectivity index (χ0n) is 21.5. The molecule has 1 aromatic carbocycles. The van der Waals surface area contributed by atoms with Crippen LogP contribution < -0.4 is 21.7 Å². The molecular weight excluding hydrogens is 526 g/mol. The van der Waals surface area contributed by atoms with E-state index in [2.05, 4.69) is 30.9 Å². The van der Waals surface area contributed by atoms with E-state index >= 15 is 0 Å². The predicted octanol–water partition coefficient (Wildman–Crippen LogP) is -1.60. The van der Waals surface area contributed by atoms with Gasteiger partial charge in [0.15, 0.2) is 0 Å². The molecule has 0 fully saturated rings. The lowest BCUT2D eigenvalue weighted by atomic mass is 10.0. The molecule has 214 valence electrons. The molecule has 0 bridgehead atoms. The van der Waals surface area contributed by atoms with Crippen LogP contribution in [0.4, 0.5) is 0 Å². The molecule has 3 amide bonds. The second-order valence-electron chi connectivity index (χ2n) is 9.24. The van der Waals surface area contributed by atoms with E-state index in [1.807, 2.05) is 24.3 Å². The Hall–Kier alpha value is -4.76. The molecule has 15 heteroatoms. The molecule has 0 spiro atoms. The number of nitrogens with one attached hydrogen (secondary N) is 5. The monoisotopic (exact) mass is 557 g/mol. The number of carbonyl (C=O) groups is 5. The molecule has 0 radical (unpaired) electrons. The molecular formula is C25H31N7O8. The topological polar surface area (TPSA) is 253 Å². The number of carboxylic acids is 2. The first kappa shape index (κ1) is 29.8. The third-order valence-electron chi connectivity index (χ3n) is 6.12. The molecule has 3 rings (SSSR count). The van der Waals surface area contributed by atoms with Crippen LogP contribution in [0.25, 0.3) is 10.9 Å². The Kier molecular flexibility index (Phi) is 9.94. The van der Waals surface area contributed by atoms with Crippen LogP contribution in [0.1, 0.15) is 24.6 Å². The number of aliphatic hydroxyl groups excluding tert-OH is 1. The second-order valence-corrected chi connectivity index (χ2v) is 9.24. The van der Waals surface area contributed by atoms with Crippen LogP contribution in [-0.4, -0.2) is 90.2 Å². The molecule has 0 saturated heterocycles. The van der Waals surface area contributed by atoms with Gasteiger partial charge in [-0.3, -0.25) is 19.2 Å². The first-order chi connectivity index (χ1) is 19.0. The van der Waals surface area contributed by atoms with Gasteiger partial charge in [0.25, 0.3) is 0 Å². The Labute approximate surface area is 227 Å². The highest BCUT2D eigenvalue weighted by molar-refractivity contribution is 5.95. The first-order valence-corrected chi connectivity index (χ1v) is 12.3. The molecule has 10 N–H and O–H groups in total. The number of amides is 3. The summed E-state index contributed by atoms with van der Waals surface area (Å²) in [6.45, 7) is 1.26. The summed E-state index contributed by atoms with van der Waals surface area (Å²) in [5.41, 5.74) is 8.13. The maximum atomic E-state index is 13.1. The summed E-state index contributed by atoms with van der Waals surface area (Å²) >= 11 is 0. The number of aromatic nitrogens is 3. The minimum absolute atomic E-state index is 0.134. The SMILES string of the molecule is CC(O)C(NC(=O)C(N)Cc1c[nH]c2ccccc12)C(=O)NC(Cc1cnc[nH]1)C(=O)NC(CC(=O)O)C(=O)O. The third kappa shape index (κ3) is 7.87. The number of nitrogens with zero attached hydrogens (tertiary/aromatic N) is 1. The molecule has 0 aliphatic carbocycles. The maximum Gasteiger partial charge on any atom is 0.326 e. The van der Waals surface area contributed by atoms with Crippen LogP contribution >= 0.6 is 0 Å². The number of hydrogen-bond acceptors (Lipinski definition) is 8. The summed E-state index contributed by atoms with van der Waals surface area (Å²) in [6, 6.07) is 1.66. The highest BCUT2D eigenvalue weighted by atomic mass is 16.4. The van der Waals surface area contributed by atoms with Crippen molar-refractivity contribution in [3.05, 3.63) is 54.2 Å². The number of fused-ring (bicyclic) bond motifs is 1. The Morgan fingerprint density at radius 1 is 0.950 bits per heavy atom. The Balaban J connectivity index is 1.71. The number of hydrogen-bond donors (Lipinski definition) is 9. The molecule has 2 heterocycles. The number of aromatic amines is 2. The van der Waals surface area contributed by atoms with E-state index in [9.17, 15) is 34.2 Å². The smallest absolute Gasteiger partial charge is 0.326 e. The summed E-state index contributed by atoms with van der Waals surface area (Å²) in [4.78, 5) is 71.0. The van der Waals surface area contributed by atoms with E-state index in [0.717, 1.165) is 16.5 Å². The zero-order valence-corrected chi connectivity index (χ0v) is 21.5. The number of benzene rings is 1. The van der Waals surface area contributed by atoms with Gasteiger partial charge in [0.1, 0.15) is 18.1 Å². The van der Waals surface area contributed by atoms with Crippen molar-refractivity contribution in [2.45, 2.75) is 56.5 Å². The van der Waals surface area contributed by atoms with E-state index in [-0.39, 0.29) is 12.8 Å². The van der Waals surface area contributed by atoms with Gasteiger partial charge in [-0.2, -0.15) is 0 Å². The molecule has 3 aromatic rings. The molecule has 0 aliphatic rings. The van der Waals surface area contributed by atoms with Crippen molar-refractivity contribution in [3.63, 3.8) is 0 Å². The average molecular weight is 558 g/mol. The summed E-state index contributed by atoms with van der Waals surface area (Å²) in [5, 5.41) is 36.3. The Morgan fingerprint density at radius 2 is 1.65 bits per heavy atom. The van der Waals surface area contributed by atoms with Crippen molar-refractivity contribution in [2.75, 3.05) is 0 Å². The summed E-state index contributed by atoms with van der Waals surface area (Å²) in [6.07, 6.45) is 2.07. The van der Waals surface area contributed by atoms with Crippen LogP contribution in [-0.2, 0) is 36.8 Å². The van der Waals surface area contributed by atoms with Gasteiger partial charge < -0.3 is 47.0 Å². The van der Waals surface area contributed by atoms with Crippen molar-refractivity contribution in [3.8, 4) is 0 Å². The van der Waals surface area contributed by atoms with Crippen LogP contribution in [0.15, 0.2) is 43.0 Å². The average Bonchev–Trinajstić information content (AvgIpc) is 3.55. The number of H-pyrrole nitrogens is 2. The number of nitrogens with two attached hydrogens (primary N) is 1. The number of aliphatic hydroxyl groups is 1. The van der Waals surface area contributed by atoms with Crippen molar-refractivity contribution in [1.82, 2.24) is 30.9 Å². The molecule has 5 unspecified atom stereocenters. The van der Waals surface area contributed by atoms with Crippen LogP contribution in [0.3, 0.4) is 0 Å². The maximum absolute atomic E-state index is 13.1. The number of rotatable bonds is 14. The highest BCUT2D eigenvalue weighted by Gasteiger charge is 2.33. The number of para-hydroxylation sites is 1. The van der Waals surface area contributed by atoms with Gasteiger partial charge in [0.2, 0.25) is 17.7 Å². The van der Waals surface area contributed by atoms with Gasteiger partial charge in [0, 0.05) is 35.4 Å². The van der Waals surface area contributed by atoms with Crippen molar-refractivity contribution in [2.24, 2.45) is 5.73 Å². The third-order valence-corrected chi connectivity index (χ3v) is 6.12. The molecule has 2 aromatic heterocycles. The number of carbonyl (C=O) groups excluding carboxylic acids is 3. The number of carboxylic acid groups (broad SMARTS) is 2. The fourth-order valence-electron chi connectivity index (χ4n) is 4.03. The Bertz CT molecular complexity index is 1350. The molecule has 0 aliphatic heterocycles. The summed E-state index contributed by atoms with van der Waals surface area (Å²) in [7, 11) is 0. The molecule has 5 atom stereocenters. The van der Waals surface area contributed by atoms with E-state index in [1.54, 1.807) is 6.20 Å². The van der Waals surface area contributed by atoms with Gasteiger partial charge >= 0.3 is 11.9 Å². The van der Waals surface area contributed by atoms with Gasteiger partial charge in [-0.25, -0.2) is 9.78 Å². The molecule has 15 nitrogen and oxygen atoms in total. The minimum Gasteiger partial charge on any atom is -0.481 e. The fraction of sp³-hybridized carbons (Fsp3) is 0.360. The van der Waals surface area contributed by atoms with Crippen LogP contribution in [0.2, 0.25) is 0 Å². The van der Waals surface area contributed by atoms with E-state index in [4.69, 9.17) is 10.8 Å². The summed E-state index contributed by atoms with van der Waals surface area (Å²) in [5.74, 6) is -5.72. The quantitative estimate of drug-likeness (QED) is 0.110. The first-order valence-electron chi connectivity index (χ1n) is 12.3. The number of imidazole rings is 1. The normalized spacial score (nSPS) is 14.9. The van der Waals surface area contributed by atoms with E-state index < -0.39 is 66.4 Å². The lowest BCUT2D eigenvalue weighted by molar-refractivity contribution is -0.147. The number of aliphatic carboxylic acids is 2. The van der Waals surface area contributed by atoms with Gasteiger partial charge in [-0.15, -0.1) is 0 Å². The molecule has 0 saturated carbocycles. The van der Waals surface area contributed by atoms with Crippen molar-refractivity contribution >= 4 is 40.6 Å². The van der Waals surface area contributed by atoms with E-state index in [0.29, 0.717) is 5.69 Å². The highest BCUT2D eigenvalue weighted by Crippen LogP contribution is 2.18. The lowest BCUT2D eigenvalue weighted by Crippen LogP contribution is -2.60. The largest absolute Gasteiger partial charge is 0.481 e. The predicted molar refractivity (Wildman–Crippen MR) is 140 cm³/mol. The van der Waals surface area contributed by atoms with Gasteiger partial charge in [-0.05, 0) is 25.0 Å².